The van der Waals surface area contributed by atoms with Crippen molar-refractivity contribution < 1.29 is 5.11 Å². The van der Waals surface area contributed by atoms with Crippen molar-refractivity contribution in [1.82, 2.24) is 4.98 Å². The highest BCUT2D eigenvalue weighted by atomic mass is 16.3. The van der Waals surface area contributed by atoms with Gasteiger partial charge in [0.05, 0.1) is 12.3 Å². The molecule has 1 aliphatic rings. The van der Waals surface area contributed by atoms with Gasteiger partial charge in [0.15, 0.2) is 0 Å². The van der Waals surface area contributed by atoms with Crippen LogP contribution in [0.15, 0.2) is 18.3 Å². The molecule has 0 saturated carbocycles. The minimum atomic E-state index is 0.0210. The maximum Gasteiger partial charge on any atom is 0.0853 e. The molecule has 1 aromatic heterocycles. The summed E-state index contributed by atoms with van der Waals surface area (Å²) in [5.74, 6) is 0. The molecule has 0 radical (unpaired) electrons. The molecule has 2 heterocycles. The first-order valence-electron chi connectivity index (χ1n) is 5.91. The zero-order valence-corrected chi connectivity index (χ0v) is 10.1. The molecule has 2 rings (SSSR count). The van der Waals surface area contributed by atoms with E-state index in [1.807, 2.05) is 12.1 Å². The number of rotatable bonds is 2. The van der Waals surface area contributed by atoms with Crippen LogP contribution >= 0.6 is 0 Å². The largest absolute Gasteiger partial charge is 0.390 e. The first kappa shape index (κ1) is 11.4. The molecule has 3 heteroatoms. The lowest BCUT2D eigenvalue weighted by molar-refractivity contribution is 0.275. The standard InChI is InChI=1S/C13H20N2O/c1-13(2)4-7-15(8-5-13)12-3-6-14-11(9-12)10-16/h3,6,9,16H,4-5,7-8,10H2,1-2H3. The van der Waals surface area contributed by atoms with Gasteiger partial charge < -0.3 is 10.0 Å². The van der Waals surface area contributed by atoms with Gasteiger partial charge in [0.25, 0.3) is 0 Å². The van der Waals surface area contributed by atoms with E-state index in [1.165, 1.54) is 18.5 Å². The van der Waals surface area contributed by atoms with E-state index in [1.54, 1.807) is 6.20 Å². The highest BCUT2D eigenvalue weighted by Crippen LogP contribution is 2.32. The number of aliphatic hydroxyl groups excluding tert-OH is 1. The highest BCUT2D eigenvalue weighted by Gasteiger charge is 2.25. The predicted octanol–water partition coefficient (Wildman–Crippen LogP) is 2.20. The molecule has 0 bridgehead atoms. The number of aromatic nitrogens is 1. The van der Waals surface area contributed by atoms with E-state index in [2.05, 4.69) is 23.7 Å². The lowest BCUT2D eigenvalue weighted by Gasteiger charge is -2.38. The van der Waals surface area contributed by atoms with Gasteiger partial charge in [-0.15, -0.1) is 0 Å². The van der Waals surface area contributed by atoms with Crippen LogP contribution in [0.2, 0.25) is 0 Å². The smallest absolute Gasteiger partial charge is 0.0853 e. The van der Waals surface area contributed by atoms with Gasteiger partial charge >= 0.3 is 0 Å². The van der Waals surface area contributed by atoms with E-state index in [-0.39, 0.29) is 6.61 Å². The monoisotopic (exact) mass is 220 g/mol. The van der Waals surface area contributed by atoms with Crippen molar-refractivity contribution in [2.24, 2.45) is 5.41 Å². The maximum atomic E-state index is 9.06. The summed E-state index contributed by atoms with van der Waals surface area (Å²) in [6, 6.07) is 4.01. The summed E-state index contributed by atoms with van der Waals surface area (Å²) in [5.41, 5.74) is 2.42. The zero-order valence-electron chi connectivity index (χ0n) is 10.1. The van der Waals surface area contributed by atoms with Crippen LogP contribution in [0.3, 0.4) is 0 Å². The molecule has 0 aromatic carbocycles. The lowest BCUT2D eigenvalue weighted by atomic mass is 9.82. The van der Waals surface area contributed by atoms with Crippen LogP contribution in [0.1, 0.15) is 32.4 Å². The quantitative estimate of drug-likeness (QED) is 0.830. The normalized spacial score (nSPS) is 19.8. The molecule has 16 heavy (non-hydrogen) atoms. The van der Waals surface area contributed by atoms with Crippen LogP contribution in [-0.2, 0) is 6.61 Å². The van der Waals surface area contributed by atoms with E-state index in [4.69, 9.17) is 5.11 Å². The fraction of sp³-hybridized carbons (Fsp3) is 0.615. The van der Waals surface area contributed by atoms with E-state index in [0.717, 1.165) is 18.8 Å². The molecule has 1 aliphatic heterocycles. The molecular weight excluding hydrogens is 200 g/mol. The van der Waals surface area contributed by atoms with Gasteiger partial charge in [-0.3, -0.25) is 4.98 Å². The van der Waals surface area contributed by atoms with E-state index in [9.17, 15) is 0 Å². The Kier molecular flexibility index (Phi) is 3.15. The number of hydrogen-bond acceptors (Lipinski definition) is 3. The Bertz CT molecular complexity index is 353. The summed E-state index contributed by atoms with van der Waals surface area (Å²) in [5, 5.41) is 9.06. The minimum Gasteiger partial charge on any atom is -0.390 e. The van der Waals surface area contributed by atoms with E-state index < -0.39 is 0 Å². The lowest BCUT2D eigenvalue weighted by Crippen LogP contribution is -2.37. The van der Waals surface area contributed by atoms with Gasteiger partial charge in [-0.1, -0.05) is 13.8 Å². The van der Waals surface area contributed by atoms with Crippen molar-refractivity contribution in [2.45, 2.75) is 33.3 Å². The van der Waals surface area contributed by atoms with Crippen LogP contribution < -0.4 is 4.90 Å². The topological polar surface area (TPSA) is 36.4 Å². The van der Waals surface area contributed by atoms with Gasteiger partial charge in [-0.25, -0.2) is 0 Å². The summed E-state index contributed by atoms with van der Waals surface area (Å²) in [7, 11) is 0. The van der Waals surface area contributed by atoms with Gasteiger partial charge in [0.2, 0.25) is 0 Å². The average Bonchev–Trinajstić information content (AvgIpc) is 2.29. The molecule has 0 spiro atoms. The molecule has 1 saturated heterocycles. The Morgan fingerprint density at radius 1 is 1.38 bits per heavy atom. The second-order valence-corrected chi connectivity index (χ2v) is 5.31. The fourth-order valence-electron chi connectivity index (χ4n) is 2.12. The third-order valence-corrected chi connectivity index (χ3v) is 3.44. The third-order valence-electron chi connectivity index (χ3n) is 3.44. The molecule has 1 fully saturated rings. The Balaban J connectivity index is 2.08. The molecule has 0 aliphatic carbocycles. The second-order valence-electron chi connectivity index (χ2n) is 5.31. The Morgan fingerprint density at radius 2 is 2.06 bits per heavy atom. The summed E-state index contributed by atoms with van der Waals surface area (Å²) in [6.45, 7) is 6.88. The van der Waals surface area contributed by atoms with Crippen LogP contribution in [0.4, 0.5) is 5.69 Å². The molecule has 0 atom stereocenters. The Labute approximate surface area is 97.1 Å². The van der Waals surface area contributed by atoms with Crippen LogP contribution in [0.25, 0.3) is 0 Å². The van der Waals surface area contributed by atoms with Crippen molar-refractivity contribution >= 4 is 5.69 Å². The predicted molar refractivity (Wildman–Crippen MR) is 65.4 cm³/mol. The summed E-state index contributed by atoms with van der Waals surface area (Å²) >= 11 is 0. The summed E-state index contributed by atoms with van der Waals surface area (Å²) in [4.78, 5) is 6.49. The average molecular weight is 220 g/mol. The van der Waals surface area contributed by atoms with Gasteiger partial charge in [0.1, 0.15) is 0 Å². The fourth-order valence-corrected chi connectivity index (χ4v) is 2.12. The SMILES string of the molecule is CC1(C)CCN(c2ccnc(CO)c2)CC1. The number of piperidine rings is 1. The van der Waals surface area contributed by atoms with Gasteiger partial charge in [-0.05, 0) is 30.4 Å². The number of nitrogens with zero attached hydrogens (tertiary/aromatic N) is 2. The van der Waals surface area contributed by atoms with Crippen molar-refractivity contribution in [3.63, 3.8) is 0 Å². The van der Waals surface area contributed by atoms with Crippen molar-refractivity contribution in [3.05, 3.63) is 24.0 Å². The minimum absolute atomic E-state index is 0.0210. The molecular formula is C13H20N2O. The number of pyridine rings is 1. The zero-order chi connectivity index (χ0) is 11.6. The van der Waals surface area contributed by atoms with E-state index >= 15 is 0 Å². The number of aliphatic hydroxyl groups is 1. The highest BCUT2D eigenvalue weighted by molar-refractivity contribution is 5.46. The third kappa shape index (κ3) is 2.53. The summed E-state index contributed by atoms with van der Waals surface area (Å²) < 4.78 is 0. The second kappa shape index (κ2) is 4.42. The molecule has 0 amide bonds. The van der Waals surface area contributed by atoms with Gasteiger partial charge in [0, 0.05) is 25.0 Å². The molecule has 88 valence electrons. The molecule has 0 unspecified atom stereocenters. The van der Waals surface area contributed by atoms with Crippen LogP contribution in [0, 0.1) is 5.41 Å². The van der Waals surface area contributed by atoms with Crippen LogP contribution in [-0.4, -0.2) is 23.2 Å². The molecule has 3 nitrogen and oxygen atoms in total. The van der Waals surface area contributed by atoms with Crippen molar-refractivity contribution in [1.29, 1.82) is 0 Å². The van der Waals surface area contributed by atoms with Gasteiger partial charge in [-0.2, -0.15) is 0 Å². The first-order chi connectivity index (χ1) is 7.61. The maximum absolute atomic E-state index is 9.06. The van der Waals surface area contributed by atoms with Crippen molar-refractivity contribution in [3.8, 4) is 0 Å². The van der Waals surface area contributed by atoms with E-state index in [0.29, 0.717) is 5.41 Å². The Hall–Kier alpha value is -1.09. The molecule has 1 N–H and O–H groups in total. The molecule has 1 aromatic rings. The number of hydrogen-bond donors (Lipinski definition) is 1. The number of anilines is 1. The first-order valence-corrected chi connectivity index (χ1v) is 5.91. The van der Waals surface area contributed by atoms with Crippen LogP contribution in [0.5, 0.6) is 0 Å². The van der Waals surface area contributed by atoms with Crippen molar-refractivity contribution in [2.75, 3.05) is 18.0 Å². The Morgan fingerprint density at radius 3 is 2.69 bits per heavy atom. The summed E-state index contributed by atoms with van der Waals surface area (Å²) in [6.07, 6.45) is 4.23.